The Labute approximate surface area is 248 Å². The van der Waals surface area contributed by atoms with E-state index >= 15 is 4.39 Å². The van der Waals surface area contributed by atoms with Gasteiger partial charge in [0.25, 0.3) is 0 Å². The molecule has 0 amide bonds. The lowest BCUT2D eigenvalue weighted by molar-refractivity contribution is 0.292. The Morgan fingerprint density at radius 3 is 2.60 bits per heavy atom. The minimum atomic E-state index is -0.518. The second kappa shape index (κ2) is 11.1. The number of ether oxygens (including phenoxy) is 1. The number of piperazine rings is 1. The number of nitrogens with one attached hydrogen (secondary N) is 1. The molecule has 4 aromatic rings. The molecule has 0 saturated carbocycles. The number of aromatic nitrogens is 2. The van der Waals surface area contributed by atoms with Gasteiger partial charge < -0.3 is 20.1 Å². The van der Waals surface area contributed by atoms with Gasteiger partial charge in [-0.2, -0.15) is 9.97 Å². The topological polar surface area (TPSA) is 73.8 Å². The minimum Gasteiger partial charge on any atom is -0.508 e. The molecule has 10 heteroatoms. The zero-order valence-corrected chi connectivity index (χ0v) is 24.2. The van der Waals surface area contributed by atoms with Gasteiger partial charge in [-0.1, -0.05) is 23.7 Å². The number of nitrogens with zero attached hydrogens (tertiary/aromatic N) is 4. The van der Waals surface area contributed by atoms with Crippen LogP contribution in [0.3, 0.4) is 0 Å². The first kappa shape index (κ1) is 27.6. The summed E-state index contributed by atoms with van der Waals surface area (Å²) in [6.07, 6.45) is 5.07. The van der Waals surface area contributed by atoms with Crippen LogP contribution >= 0.6 is 11.6 Å². The Morgan fingerprint density at radius 1 is 1.02 bits per heavy atom. The Bertz CT molecular complexity index is 1630. The molecule has 0 radical (unpaired) electrons. The van der Waals surface area contributed by atoms with Gasteiger partial charge in [0.15, 0.2) is 0 Å². The molecule has 2 N–H and O–H groups in total. The van der Waals surface area contributed by atoms with Gasteiger partial charge in [0.1, 0.15) is 23.6 Å². The van der Waals surface area contributed by atoms with Gasteiger partial charge in [-0.25, -0.2) is 8.78 Å². The molecule has 0 spiro atoms. The molecule has 1 aromatic heterocycles. The first-order valence-corrected chi connectivity index (χ1v) is 15.1. The molecule has 8 rings (SSSR count). The maximum atomic E-state index is 15.6. The molecule has 4 atom stereocenters. The van der Waals surface area contributed by atoms with Gasteiger partial charge in [-0.15, -0.1) is 0 Å². The van der Waals surface area contributed by atoms with E-state index in [-0.39, 0.29) is 11.8 Å². The summed E-state index contributed by atoms with van der Waals surface area (Å²) >= 11 is 6.48. The molecule has 2 bridgehead atoms. The fraction of sp³-hybridized carbons (Fsp3) is 0.438. The lowest BCUT2D eigenvalue weighted by Gasteiger charge is -2.34. The fourth-order valence-electron chi connectivity index (χ4n) is 7.23. The Hall–Kier alpha value is -3.27. The highest BCUT2D eigenvalue weighted by Crippen LogP contribution is 2.40. The molecule has 3 aromatic carbocycles. The third-order valence-electron chi connectivity index (χ3n) is 9.10. The number of hydrogen-bond donors (Lipinski definition) is 2. The summed E-state index contributed by atoms with van der Waals surface area (Å²) in [5.74, 6) is 0.290. The number of phenolic OH excluding ortho intramolecular Hbond substituents is 1. The maximum absolute atomic E-state index is 15.6. The number of hydrogen-bond acceptors (Lipinski definition) is 7. The number of methoxy groups -OCH3 is 1. The second-order valence-corrected chi connectivity index (χ2v) is 12.3. The summed E-state index contributed by atoms with van der Waals surface area (Å²) in [6, 6.07) is 13.4. The summed E-state index contributed by atoms with van der Waals surface area (Å²) in [5, 5.41) is 16.4. The highest BCUT2D eigenvalue weighted by atomic mass is 35.5. The summed E-state index contributed by atoms with van der Waals surface area (Å²) in [6.45, 7) is 3.47. The molecule has 0 aliphatic carbocycles. The van der Waals surface area contributed by atoms with Gasteiger partial charge in [0.2, 0.25) is 0 Å². The molecule has 4 aliphatic heterocycles. The van der Waals surface area contributed by atoms with Crippen molar-refractivity contribution >= 4 is 39.1 Å². The Balaban J connectivity index is 0.000000272. The van der Waals surface area contributed by atoms with Crippen molar-refractivity contribution in [2.75, 3.05) is 38.2 Å². The van der Waals surface area contributed by atoms with Crippen LogP contribution in [0.25, 0.3) is 32.8 Å². The second-order valence-electron chi connectivity index (χ2n) is 11.9. The van der Waals surface area contributed by atoms with Crippen molar-refractivity contribution in [2.45, 2.75) is 56.4 Å². The Kier molecular flexibility index (Phi) is 7.28. The van der Waals surface area contributed by atoms with E-state index in [0.717, 1.165) is 44.3 Å². The van der Waals surface area contributed by atoms with E-state index in [2.05, 4.69) is 25.1 Å². The third-order valence-corrected chi connectivity index (χ3v) is 9.42. The van der Waals surface area contributed by atoms with Crippen molar-refractivity contribution in [1.82, 2.24) is 20.2 Å². The number of rotatable bonds is 3. The van der Waals surface area contributed by atoms with Crippen molar-refractivity contribution < 1.29 is 18.6 Å². The first-order chi connectivity index (χ1) is 20.4. The minimum absolute atomic E-state index is 0.0384. The van der Waals surface area contributed by atoms with E-state index in [1.54, 1.807) is 24.3 Å². The first-order valence-electron chi connectivity index (χ1n) is 14.7. The molecule has 42 heavy (non-hydrogen) atoms. The largest absolute Gasteiger partial charge is 0.508 e. The van der Waals surface area contributed by atoms with E-state index in [1.165, 1.54) is 32.1 Å². The van der Waals surface area contributed by atoms with E-state index in [0.29, 0.717) is 62.9 Å². The van der Waals surface area contributed by atoms with Gasteiger partial charge >= 0.3 is 6.01 Å². The van der Waals surface area contributed by atoms with Crippen molar-refractivity contribution in [2.24, 2.45) is 0 Å². The predicted molar refractivity (Wildman–Crippen MR) is 162 cm³/mol. The SMILES string of the molecule is COc1nc(N2CC3CCC(C2)N3)c2cc(F)c(-c3cc(O)cc4cccc(Cl)c34)cc2n1.FC1CC2CCCN2C1. The summed E-state index contributed by atoms with van der Waals surface area (Å²) < 4.78 is 33.6. The zero-order chi connectivity index (χ0) is 29.0. The third kappa shape index (κ3) is 5.12. The van der Waals surface area contributed by atoms with Crippen LogP contribution in [-0.4, -0.2) is 77.6 Å². The van der Waals surface area contributed by atoms with Crippen molar-refractivity contribution in [3.63, 3.8) is 0 Å². The molecule has 4 saturated heterocycles. The molecule has 220 valence electrons. The summed E-state index contributed by atoms with van der Waals surface area (Å²) in [5.41, 5.74) is 1.39. The number of fused-ring (bicyclic) bond motifs is 5. The van der Waals surface area contributed by atoms with E-state index in [1.807, 2.05) is 6.07 Å². The van der Waals surface area contributed by atoms with Crippen LogP contribution in [0.4, 0.5) is 14.6 Å². The number of phenols is 1. The van der Waals surface area contributed by atoms with Crippen molar-refractivity contribution in [1.29, 1.82) is 0 Å². The van der Waals surface area contributed by atoms with Crippen LogP contribution in [0, 0.1) is 5.82 Å². The molecular formula is C32H34ClF2N5O2. The predicted octanol–water partition coefficient (Wildman–Crippen LogP) is 6.09. The van der Waals surface area contributed by atoms with E-state index in [9.17, 15) is 9.50 Å². The van der Waals surface area contributed by atoms with Crippen molar-refractivity contribution in [3.8, 4) is 22.9 Å². The highest BCUT2D eigenvalue weighted by Gasteiger charge is 2.35. The number of anilines is 1. The standard InChI is InChI=1S/C25H22ClFN4O2.C7H12FN/c1-33-25-29-22-10-17(18-8-16(32)7-13-3-2-4-20(26)23(13)18)21(27)9-19(22)24(30-25)31-11-14-5-6-15(12-31)28-14;8-6-4-7-2-1-3-9(7)5-6/h2-4,7-10,14-15,28,32H,5-6,11-12H2,1H3;6-7H,1-5H2. The monoisotopic (exact) mass is 593 g/mol. The lowest BCUT2D eigenvalue weighted by atomic mass is 9.96. The number of alkyl halides is 1. The summed E-state index contributed by atoms with van der Waals surface area (Å²) in [7, 11) is 1.53. The average molecular weight is 594 g/mol. The molecule has 7 nitrogen and oxygen atoms in total. The van der Waals surface area contributed by atoms with Crippen LogP contribution in [0.5, 0.6) is 11.8 Å². The van der Waals surface area contributed by atoms with Crippen LogP contribution in [0.15, 0.2) is 42.5 Å². The fourth-order valence-corrected chi connectivity index (χ4v) is 7.51. The van der Waals surface area contributed by atoms with Gasteiger partial charge in [-0.3, -0.25) is 4.90 Å². The quantitative estimate of drug-likeness (QED) is 0.298. The molecule has 4 aliphatic rings. The van der Waals surface area contributed by atoms with Crippen LogP contribution in [-0.2, 0) is 0 Å². The van der Waals surface area contributed by atoms with Crippen LogP contribution in [0.2, 0.25) is 5.02 Å². The van der Waals surface area contributed by atoms with Crippen LogP contribution in [0.1, 0.15) is 32.1 Å². The smallest absolute Gasteiger partial charge is 0.318 e. The van der Waals surface area contributed by atoms with Gasteiger partial charge in [-0.05, 0) is 79.9 Å². The highest BCUT2D eigenvalue weighted by molar-refractivity contribution is 6.36. The summed E-state index contributed by atoms with van der Waals surface area (Å²) in [4.78, 5) is 13.6. The van der Waals surface area contributed by atoms with E-state index < -0.39 is 12.0 Å². The maximum Gasteiger partial charge on any atom is 0.318 e. The van der Waals surface area contributed by atoms with Crippen molar-refractivity contribution in [3.05, 3.63) is 53.3 Å². The molecule has 4 fully saturated rings. The zero-order valence-electron chi connectivity index (χ0n) is 23.5. The number of aromatic hydroxyl groups is 1. The van der Waals surface area contributed by atoms with E-state index in [4.69, 9.17) is 16.3 Å². The van der Waals surface area contributed by atoms with Crippen LogP contribution < -0.4 is 15.0 Å². The molecule has 5 heterocycles. The normalized spacial score (nSPS) is 25.1. The van der Waals surface area contributed by atoms with Gasteiger partial charge in [0, 0.05) is 59.1 Å². The lowest BCUT2D eigenvalue weighted by Crippen LogP contribution is -2.51. The average Bonchev–Trinajstić information content (AvgIpc) is 3.66. The van der Waals surface area contributed by atoms with Gasteiger partial charge in [0.05, 0.1) is 12.6 Å². The number of halogens is 3. The Morgan fingerprint density at radius 2 is 1.83 bits per heavy atom. The molecular weight excluding hydrogens is 560 g/mol. The molecule has 4 unspecified atom stereocenters. The number of benzene rings is 3.